The topological polar surface area (TPSA) is 49.3 Å². The molecule has 3 nitrogen and oxygen atoms in total. The Hall–Kier alpha value is -3.16. The number of rotatable bonds is 6. The van der Waals surface area contributed by atoms with Gasteiger partial charge < -0.3 is 10.4 Å². The van der Waals surface area contributed by atoms with Crippen molar-refractivity contribution in [1.82, 2.24) is 5.32 Å². The molecule has 0 radical (unpaired) electrons. The number of thiophene rings is 1. The Labute approximate surface area is 193 Å². The lowest BCUT2D eigenvalue weighted by atomic mass is 9.96. The molecule has 1 unspecified atom stereocenters. The second-order valence-electron chi connectivity index (χ2n) is 7.78. The molecule has 0 bridgehead atoms. The number of halogens is 3. The lowest BCUT2D eigenvalue weighted by Crippen LogP contribution is -2.26. The van der Waals surface area contributed by atoms with E-state index in [1.807, 2.05) is 43.3 Å². The Morgan fingerprint density at radius 2 is 1.79 bits per heavy atom. The van der Waals surface area contributed by atoms with Crippen molar-refractivity contribution in [3.63, 3.8) is 0 Å². The molecule has 0 saturated heterocycles. The fourth-order valence-electron chi connectivity index (χ4n) is 3.77. The van der Waals surface area contributed by atoms with Crippen LogP contribution in [0.25, 0.3) is 21.2 Å². The summed E-state index contributed by atoms with van der Waals surface area (Å²) < 4.78 is 40.5. The van der Waals surface area contributed by atoms with Crippen molar-refractivity contribution in [3.8, 4) is 11.1 Å². The molecule has 0 fully saturated rings. The first-order valence-corrected chi connectivity index (χ1v) is 11.3. The predicted molar refractivity (Wildman–Crippen MR) is 126 cm³/mol. The van der Waals surface area contributed by atoms with E-state index < -0.39 is 11.7 Å². The number of fused-ring (bicyclic) bond motifs is 1. The average molecular weight is 470 g/mol. The lowest BCUT2D eigenvalue weighted by Gasteiger charge is -2.13. The Kier molecular flexibility index (Phi) is 6.54. The second-order valence-corrected chi connectivity index (χ2v) is 8.86. The SMILES string of the molecule is CC(c1cccc(C(F)(F)F)c1)c1cc2cccc(-c3cccc(C(=O)NCCO)c3)c2s1. The van der Waals surface area contributed by atoms with Gasteiger partial charge in [-0.05, 0) is 46.3 Å². The Morgan fingerprint density at radius 1 is 1.03 bits per heavy atom. The highest BCUT2D eigenvalue weighted by atomic mass is 32.1. The van der Waals surface area contributed by atoms with E-state index in [2.05, 4.69) is 5.32 Å². The van der Waals surface area contributed by atoms with Gasteiger partial charge in [-0.15, -0.1) is 11.3 Å². The summed E-state index contributed by atoms with van der Waals surface area (Å²) in [7, 11) is 0. The van der Waals surface area contributed by atoms with Crippen molar-refractivity contribution in [3.05, 3.63) is 94.4 Å². The van der Waals surface area contributed by atoms with E-state index in [1.54, 1.807) is 29.5 Å². The molecule has 33 heavy (non-hydrogen) atoms. The highest BCUT2D eigenvalue weighted by molar-refractivity contribution is 7.19. The van der Waals surface area contributed by atoms with Crippen molar-refractivity contribution >= 4 is 27.3 Å². The first-order chi connectivity index (χ1) is 15.8. The van der Waals surface area contributed by atoms with Gasteiger partial charge in [-0.2, -0.15) is 13.2 Å². The van der Waals surface area contributed by atoms with Gasteiger partial charge in [0, 0.05) is 27.6 Å². The van der Waals surface area contributed by atoms with Crippen molar-refractivity contribution in [2.45, 2.75) is 19.0 Å². The van der Waals surface area contributed by atoms with Gasteiger partial charge in [-0.1, -0.05) is 55.5 Å². The highest BCUT2D eigenvalue weighted by Crippen LogP contribution is 2.40. The molecule has 7 heteroatoms. The molecule has 1 atom stereocenters. The summed E-state index contributed by atoms with van der Waals surface area (Å²) in [6.45, 7) is 1.96. The third-order valence-corrected chi connectivity index (χ3v) is 6.90. The van der Waals surface area contributed by atoms with E-state index in [4.69, 9.17) is 5.11 Å². The summed E-state index contributed by atoms with van der Waals surface area (Å²) in [5, 5.41) is 12.6. The quantitative estimate of drug-likeness (QED) is 0.340. The highest BCUT2D eigenvalue weighted by Gasteiger charge is 2.31. The van der Waals surface area contributed by atoms with Gasteiger partial charge in [0.25, 0.3) is 5.91 Å². The second kappa shape index (κ2) is 9.37. The molecule has 0 spiro atoms. The molecular formula is C26H22F3NO2S. The summed E-state index contributed by atoms with van der Waals surface area (Å²) in [4.78, 5) is 13.3. The number of hydrogen-bond donors (Lipinski definition) is 2. The van der Waals surface area contributed by atoms with Crippen LogP contribution < -0.4 is 5.32 Å². The first-order valence-electron chi connectivity index (χ1n) is 10.5. The van der Waals surface area contributed by atoms with Crippen LogP contribution in [-0.2, 0) is 6.18 Å². The molecule has 1 amide bonds. The van der Waals surface area contributed by atoms with Crippen LogP contribution in [0, 0.1) is 0 Å². The number of amides is 1. The summed E-state index contributed by atoms with van der Waals surface area (Å²) in [6, 6.07) is 20.6. The number of nitrogens with one attached hydrogen (secondary N) is 1. The van der Waals surface area contributed by atoms with Crippen molar-refractivity contribution in [1.29, 1.82) is 0 Å². The predicted octanol–water partition coefficient (Wildman–Crippen LogP) is 6.46. The molecule has 0 aliphatic rings. The van der Waals surface area contributed by atoms with Crippen LogP contribution in [-0.4, -0.2) is 24.2 Å². The van der Waals surface area contributed by atoms with E-state index >= 15 is 0 Å². The van der Waals surface area contributed by atoms with Gasteiger partial charge in [0.2, 0.25) is 0 Å². The standard InChI is InChI=1S/C26H22F3NO2S/c1-16(17-5-3-9-21(14-17)26(27,28)29)23-15-19-7-4-10-22(24(19)33-23)18-6-2-8-20(13-18)25(32)30-11-12-31/h2-10,13-16,31H,11-12H2,1H3,(H,30,32). The Bertz CT molecular complexity index is 1300. The van der Waals surface area contributed by atoms with Gasteiger partial charge in [0.05, 0.1) is 12.2 Å². The minimum absolute atomic E-state index is 0.132. The van der Waals surface area contributed by atoms with Gasteiger partial charge in [-0.3, -0.25) is 4.79 Å². The molecule has 0 saturated carbocycles. The smallest absolute Gasteiger partial charge is 0.395 e. The maximum Gasteiger partial charge on any atom is 0.416 e. The summed E-state index contributed by atoms with van der Waals surface area (Å²) in [5.41, 5.74) is 2.28. The van der Waals surface area contributed by atoms with Gasteiger partial charge in [0.15, 0.2) is 0 Å². The van der Waals surface area contributed by atoms with Crippen molar-refractivity contribution in [2.24, 2.45) is 0 Å². The number of hydrogen-bond acceptors (Lipinski definition) is 3. The van der Waals surface area contributed by atoms with Gasteiger partial charge in [-0.25, -0.2) is 0 Å². The fraction of sp³-hybridized carbons (Fsp3) is 0.192. The molecule has 0 aliphatic carbocycles. The third kappa shape index (κ3) is 4.94. The van der Waals surface area contributed by atoms with Crippen molar-refractivity contribution < 1.29 is 23.1 Å². The Balaban J connectivity index is 1.71. The van der Waals surface area contributed by atoms with E-state index in [1.165, 1.54) is 12.1 Å². The zero-order valence-corrected chi connectivity index (χ0v) is 18.6. The number of benzene rings is 3. The third-order valence-electron chi connectivity index (χ3n) is 5.54. The monoisotopic (exact) mass is 469 g/mol. The van der Waals surface area contributed by atoms with Gasteiger partial charge >= 0.3 is 6.18 Å². The van der Waals surface area contributed by atoms with E-state index in [-0.39, 0.29) is 25.0 Å². The average Bonchev–Trinajstić information content (AvgIpc) is 3.26. The van der Waals surface area contributed by atoms with Gasteiger partial charge in [0.1, 0.15) is 0 Å². The first kappa shape index (κ1) is 23.0. The number of aliphatic hydroxyl groups is 1. The lowest BCUT2D eigenvalue weighted by molar-refractivity contribution is -0.137. The molecule has 1 aromatic heterocycles. The number of aliphatic hydroxyl groups excluding tert-OH is 1. The van der Waals surface area contributed by atoms with E-state index in [0.717, 1.165) is 32.2 Å². The van der Waals surface area contributed by atoms with Crippen LogP contribution >= 0.6 is 11.3 Å². The molecule has 3 aromatic carbocycles. The van der Waals surface area contributed by atoms with Crippen LogP contribution in [0.5, 0.6) is 0 Å². The molecule has 1 heterocycles. The zero-order chi connectivity index (χ0) is 23.6. The molecule has 0 aliphatic heterocycles. The van der Waals surface area contributed by atoms with Crippen LogP contribution in [0.2, 0.25) is 0 Å². The minimum atomic E-state index is -4.38. The van der Waals surface area contributed by atoms with Crippen LogP contribution in [0.4, 0.5) is 13.2 Å². The summed E-state index contributed by atoms with van der Waals surface area (Å²) >= 11 is 1.55. The largest absolute Gasteiger partial charge is 0.416 e. The van der Waals surface area contributed by atoms with E-state index in [0.29, 0.717) is 11.1 Å². The number of carbonyl (C=O) groups is 1. The van der Waals surface area contributed by atoms with E-state index in [9.17, 15) is 18.0 Å². The minimum Gasteiger partial charge on any atom is -0.395 e. The van der Waals surface area contributed by atoms with Crippen LogP contribution in [0.15, 0.2) is 72.8 Å². The maximum atomic E-state index is 13.2. The fourth-order valence-corrected chi connectivity index (χ4v) is 5.05. The van der Waals surface area contributed by atoms with Crippen LogP contribution in [0.1, 0.15) is 39.2 Å². The van der Waals surface area contributed by atoms with Crippen LogP contribution in [0.3, 0.4) is 0 Å². The molecule has 2 N–H and O–H groups in total. The number of alkyl halides is 3. The molecular weight excluding hydrogens is 447 g/mol. The normalized spacial score (nSPS) is 12.6. The summed E-state index contributed by atoms with van der Waals surface area (Å²) in [5.74, 6) is -0.462. The number of carbonyl (C=O) groups excluding carboxylic acids is 1. The molecule has 4 aromatic rings. The zero-order valence-electron chi connectivity index (χ0n) is 17.8. The molecule has 170 valence electrons. The van der Waals surface area contributed by atoms with Crippen molar-refractivity contribution in [2.75, 3.05) is 13.2 Å². The maximum absolute atomic E-state index is 13.2. The summed E-state index contributed by atoms with van der Waals surface area (Å²) in [6.07, 6.45) is -4.38. The molecule has 4 rings (SSSR count). The Morgan fingerprint density at radius 3 is 2.55 bits per heavy atom.